The number of cyclic esters (lactones) is 1. The van der Waals surface area contributed by atoms with Gasteiger partial charge in [-0.15, -0.1) is 11.3 Å². The SMILES string of the molecule is CC(C)(C)OC(=O)N1[C@@H]2CC[C@@H](C2)[C@H]1C(=O)N[C@H](C#N)Cc1ccc(-c2ccc3c(c2)C(C)(C)OC3=O)s1. The summed E-state index contributed by atoms with van der Waals surface area (Å²) < 4.78 is 11.1. The number of esters is 1. The van der Waals surface area contributed by atoms with Crippen molar-refractivity contribution in [3.8, 4) is 16.5 Å². The highest BCUT2D eigenvalue weighted by molar-refractivity contribution is 7.15. The number of thiophene rings is 1. The highest BCUT2D eigenvalue weighted by Gasteiger charge is 2.52. The number of amides is 2. The molecule has 8 nitrogen and oxygen atoms in total. The molecule has 3 aliphatic rings. The van der Waals surface area contributed by atoms with E-state index in [-0.39, 0.29) is 23.8 Å². The van der Waals surface area contributed by atoms with Crippen molar-refractivity contribution in [3.05, 3.63) is 46.3 Å². The lowest BCUT2D eigenvalue weighted by molar-refractivity contribution is -0.128. The van der Waals surface area contributed by atoms with E-state index in [9.17, 15) is 19.6 Å². The zero-order valence-corrected chi connectivity index (χ0v) is 23.2. The average Bonchev–Trinajstić information content (AvgIpc) is 3.61. The normalized spacial score (nSPS) is 23.9. The van der Waals surface area contributed by atoms with Crippen molar-refractivity contribution in [3.63, 3.8) is 0 Å². The molecule has 2 amide bonds. The first-order valence-electron chi connectivity index (χ1n) is 13.0. The van der Waals surface area contributed by atoms with Gasteiger partial charge in [0.25, 0.3) is 0 Å². The summed E-state index contributed by atoms with van der Waals surface area (Å²) in [5.41, 5.74) is 1.09. The summed E-state index contributed by atoms with van der Waals surface area (Å²) >= 11 is 1.55. The summed E-state index contributed by atoms with van der Waals surface area (Å²) in [6, 6.07) is 10.5. The van der Waals surface area contributed by atoms with Gasteiger partial charge in [-0.25, -0.2) is 9.59 Å². The van der Waals surface area contributed by atoms with Gasteiger partial charge in [0.2, 0.25) is 5.91 Å². The molecule has 1 saturated carbocycles. The maximum absolute atomic E-state index is 13.4. The lowest BCUT2D eigenvalue weighted by Gasteiger charge is -2.35. The third-order valence-electron chi connectivity index (χ3n) is 7.52. The van der Waals surface area contributed by atoms with Crippen LogP contribution in [0, 0.1) is 17.2 Å². The summed E-state index contributed by atoms with van der Waals surface area (Å²) in [7, 11) is 0. The molecule has 5 rings (SSSR count). The summed E-state index contributed by atoms with van der Waals surface area (Å²) in [6.07, 6.45) is 2.44. The van der Waals surface area contributed by atoms with Crippen molar-refractivity contribution in [1.82, 2.24) is 10.2 Å². The van der Waals surface area contributed by atoms with Crippen molar-refractivity contribution in [1.29, 1.82) is 5.26 Å². The molecule has 0 unspecified atom stereocenters. The van der Waals surface area contributed by atoms with Crippen molar-refractivity contribution < 1.29 is 23.9 Å². The van der Waals surface area contributed by atoms with E-state index in [1.165, 1.54) is 0 Å². The number of carbonyl (C=O) groups excluding carboxylic acids is 3. The monoisotopic (exact) mass is 535 g/mol. The van der Waals surface area contributed by atoms with Crippen molar-refractivity contribution in [2.24, 2.45) is 5.92 Å². The Morgan fingerprint density at radius 2 is 2.03 bits per heavy atom. The second kappa shape index (κ2) is 9.42. The zero-order valence-electron chi connectivity index (χ0n) is 22.4. The lowest BCUT2D eigenvalue weighted by atomic mass is 9.94. The van der Waals surface area contributed by atoms with E-state index in [2.05, 4.69) is 11.4 Å². The number of likely N-dealkylation sites (tertiary alicyclic amines) is 1. The number of nitriles is 1. The maximum atomic E-state index is 13.4. The van der Waals surface area contributed by atoms with Crippen LogP contribution in [0.3, 0.4) is 0 Å². The van der Waals surface area contributed by atoms with Crippen LogP contribution in [0.15, 0.2) is 30.3 Å². The van der Waals surface area contributed by atoms with Crippen LogP contribution in [0.5, 0.6) is 0 Å². The summed E-state index contributed by atoms with van der Waals surface area (Å²) in [6.45, 7) is 9.19. The fourth-order valence-electron chi connectivity index (χ4n) is 5.85. The largest absolute Gasteiger partial charge is 0.451 e. The van der Waals surface area contributed by atoms with E-state index in [1.807, 2.05) is 58.9 Å². The fourth-order valence-corrected chi connectivity index (χ4v) is 6.90. The van der Waals surface area contributed by atoms with Crippen LogP contribution in [0.4, 0.5) is 4.79 Å². The molecule has 200 valence electrons. The Kier molecular flexibility index (Phi) is 6.50. The van der Waals surface area contributed by atoms with Crippen LogP contribution in [0.2, 0.25) is 0 Å². The van der Waals surface area contributed by atoms with Gasteiger partial charge in [-0.3, -0.25) is 9.69 Å². The first-order valence-corrected chi connectivity index (χ1v) is 13.9. The van der Waals surface area contributed by atoms with Crippen LogP contribution < -0.4 is 5.32 Å². The molecule has 2 aromatic rings. The predicted octanol–water partition coefficient (Wildman–Crippen LogP) is 5.16. The number of hydrogen-bond donors (Lipinski definition) is 1. The number of piperidine rings is 1. The Balaban J connectivity index is 1.28. The molecule has 38 heavy (non-hydrogen) atoms. The smallest absolute Gasteiger partial charge is 0.411 e. The lowest BCUT2D eigenvalue weighted by Crippen LogP contribution is -2.55. The molecule has 2 aliphatic heterocycles. The van der Waals surface area contributed by atoms with Gasteiger partial charge < -0.3 is 14.8 Å². The number of nitrogens with one attached hydrogen (secondary N) is 1. The van der Waals surface area contributed by atoms with E-state index in [1.54, 1.807) is 22.3 Å². The molecule has 2 fully saturated rings. The highest BCUT2D eigenvalue weighted by Crippen LogP contribution is 2.43. The Morgan fingerprint density at radius 3 is 2.74 bits per heavy atom. The quantitative estimate of drug-likeness (QED) is 0.530. The predicted molar refractivity (Wildman–Crippen MR) is 142 cm³/mol. The average molecular weight is 536 g/mol. The first-order chi connectivity index (χ1) is 17.9. The molecule has 3 heterocycles. The van der Waals surface area contributed by atoms with Crippen molar-refractivity contribution in [2.45, 2.75) is 89.6 Å². The zero-order chi connectivity index (χ0) is 27.4. The van der Waals surface area contributed by atoms with E-state index in [0.29, 0.717) is 12.0 Å². The molecule has 0 radical (unpaired) electrons. The van der Waals surface area contributed by atoms with E-state index >= 15 is 0 Å². The first kappa shape index (κ1) is 26.2. The van der Waals surface area contributed by atoms with Gasteiger partial charge in [0, 0.05) is 27.8 Å². The minimum absolute atomic E-state index is 0.00369. The van der Waals surface area contributed by atoms with Crippen LogP contribution in [0.25, 0.3) is 10.4 Å². The van der Waals surface area contributed by atoms with E-state index in [4.69, 9.17) is 9.47 Å². The molecule has 1 saturated heterocycles. The molecule has 9 heteroatoms. The number of fused-ring (bicyclic) bond motifs is 3. The maximum Gasteiger partial charge on any atom is 0.411 e. The summed E-state index contributed by atoms with van der Waals surface area (Å²) in [5.74, 6) is -0.520. The molecular weight excluding hydrogens is 502 g/mol. The minimum atomic E-state index is -0.724. The van der Waals surface area contributed by atoms with Gasteiger partial charge in [0.15, 0.2) is 0 Å². The van der Waals surface area contributed by atoms with Crippen molar-refractivity contribution >= 4 is 29.3 Å². The number of rotatable bonds is 5. The van der Waals surface area contributed by atoms with Gasteiger partial charge in [-0.05, 0) is 89.6 Å². The molecule has 1 N–H and O–H groups in total. The van der Waals surface area contributed by atoms with Gasteiger partial charge in [0.1, 0.15) is 23.3 Å². The summed E-state index contributed by atoms with van der Waals surface area (Å²) in [5, 5.41) is 12.7. The van der Waals surface area contributed by atoms with Gasteiger partial charge in [-0.1, -0.05) is 6.07 Å². The molecule has 1 aromatic carbocycles. The number of carbonyl (C=O) groups is 3. The molecule has 1 aliphatic carbocycles. The van der Waals surface area contributed by atoms with Crippen LogP contribution in [-0.2, 0) is 26.3 Å². The van der Waals surface area contributed by atoms with E-state index in [0.717, 1.165) is 40.1 Å². The molecule has 1 aromatic heterocycles. The van der Waals surface area contributed by atoms with Crippen LogP contribution in [0.1, 0.15) is 74.7 Å². The second-order valence-corrected chi connectivity index (χ2v) is 13.0. The molecule has 0 spiro atoms. The number of benzene rings is 1. The molecule has 4 atom stereocenters. The van der Waals surface area contributed by atoms with Crippen LogP contribution in [-0.4, -0.2) is 46.6 Å². The Labute approximate surface area is 226 Å². The van der Waals surface area contributed by atoms with Crippen LogP contribution >= 0.6 is 11.3 Å². The molecular formula is C29H33N3O5S. The standard InChI is InChI=1S/C29H33N3O5S/c1-28(2,3)37-27(35)32-19-8-6-17(12-19)24(32)25(33)31-18(15-30)14-20-9-11-23(38-20)16-7-10-21-22(13-16)29(4,5)36-26(21)34/h7,9-11,13,17-19,24H,6,8,12,14H2,1-5H3,(H,31,33)/t17-,18-,19+,24-/m0/s1. The van der Waals surface area contributed by atoms with Gasteiger partial charge in [-0.2, -0.15) is 5.26 Å². The highest BCUT2D eigenvalue weighted by atomic mass is 32.1. The number of nitrogens with zero attached hydrogens (tertiary/aromatic N) is 2. The third kappa shape index (κ3) is 4.90. The second-order valence-electron chi connectivity index (χ2n) is 11.9. The van der Waals surface area contributed by atoms with E-state index < -0.39 is 29.4 Å². The Bertz CT molecular complexity index is 1330. The van der Waals surface area contributed by atoms with Crippen molar-refractivity contribution in [2.75, 3.05) is 0 Å². The summed E-state index contributed by atoms with van der Waals surface area (Å²) in [4.78, 5) is 41.9. The Hall–Kier alpha value is -3.38. The fraction of sp³-hybridized carbons (Fsp3) is 0.517. The van der Waals surface area contributed by atoms with Gasteiger partial charge in [0.05, 0.1) is 11.6 Å². The third-order valence-corrected chi connectivity index (χ3v) is 8.67. The number of hydrogen-bond acceptors (Lipinski definition) is 7. The van der Waals surface area contributed by atoms with Gasteiger partial charge >= 0.3 is 12.1 Å². The number of ether oxygens (including phenoxy) is 2. The minimum Gasteiger partial charge on any atom is -0.451 e. The Morgan fingerprint density at radius 1 is 1.26 bits per heavy atom. The topological polar surface area (TPSA) is 109 Å². The molecule has 2 bridgehead atoms.